The first kappa shape index (κ1) is 21.5. The smallest absolute Gasteiger partial charge is 0.296 e. The van der Waals surface area contributed by atoms with E-state index in [2.05, 4.69) is 30.4 Å². The summed E-state index contributed by atoms with van der Waals surface area (Å²) in [5, 5.41) is 21.0. The van der Waals surface area contributed by atoms with E-state index in [-0.39, 0.29) is 29.5 Å². The number of carbonyl (C=O) groups excluding carboxylic acids is 1. The Hall–Kier alpha value is -4.32. The van der Waals surface area contributed by atoms with Crippen molar-refractivity contribution in [3.05, 3.63) is 75.8 Å². The van der Waals surface area contributed by atoms with E-state index in [1.807, 2.05) is 0 Å². The Kier molecular flexibility index (Phi) is 5.64. The molecule has 172 valence electrons. The Labute approximate surface area is 196 Å². The monoisotopic (exact) mass is 482 g/mol. The van der Waals surface area contributed by atoms with Gasteiger partial charge in [-0.05, 0) is 40.1 Å². The van der Waals surface area contributed by atoms with Gasteiger partial charge in [0.15, 0.2) is 5.69 Å². The second-order valence-electron chi connectivity index (χ2n) is 7.25. The summed E-state index contributed by atoms with van der Waals surface area (Å²) in [6, 6.07) is 11.5. The van der Waals surface area contributed by atoms with E-state index in [0.29, 0.717) is 35.0 Å². The minimum Gasteiger partial charge on any atom is -0.489 e. The van der Waals surface area contributed by atoms with Gasteiger partial charge in [0.05, 0.1) is 23.5 Å². The number of carbonyl (C=O) groups is 1. The lowest BCUT2D eigenvalue weighted by Gasteiger charge is -2.21. The maximum Gasteiger partial charge on any atom is 0.296 e. The van der Waals surface area contributed by atoms with Crippen LogP contribution in [0, 0.1) is 5.82 Å². The Morgan fingerprint density at radius 2 is 2.12 bits per heavy atom. The van der Waals surface area contributed by atoms with E-state index in [9.17, 15) is 9.18 Å². The lowest BCUT2D eigenvalue weighted by atomic mass is 10.1. The molecule has 4 aromatic rings. The largest absolute Gasteiger partial charge is 0.489 e. The zero-order chi connectivity index (χ0) is 23.7. The first-order valence-electron chi connectivity index (χ1n) is 10.1. The van der Waals surface area contributed by atoms with Gasteiger partial charge in [0, 0.05) is 12.0 Å². The van der Waals surface area contributed by atoms with Crippen LogP contribution in [0.1, 0.15) is 27.3 Å². The Balaban J connectivity index is 1.29. The summed E-state index contributed by atoms with van der Waals surface area (Å²) in [5.74, 6) is -0.141. The van der Waals surface area contributed by atoms with Gasteiger partial charge < -0.3 is 10.5 Å². The van der Waals surface area contributed by atoms with Gasteiger partial charge in [-0.3, -0.25) is 4.79 Å². The minimum absolute atomic E-state index is 0.0271. The van der Waals surface area contributed by atoms with Crippen LogP contribution in [0.5, 0.6) is 5.75 Å². The van der Waals surface area contributed by atoms with Crippen LogP contribution in [0.3, 0.4) is 0 Å². The number of hydrazone groups is 1. The molecule has 11 nitrogen and oxygen atoms in total. The van der Waals surface area contributed by atoms with E-state index in [0.717, 1.165) is 0 Å². The maximum atomic E-state index is 14.0. The molecule has 0 unspecified atom stereocenters. The lowest BCUT2D eigenvalue weighted by Crippen LogP contribution is -2.34. The molecular formula is C21H16ClFN8O3. The van der Waals surface area contributed by atoms with Crippen molar-refractivity contribution in [1.82, 2.24) is 30.3 Å². The Morgan fingerprint density at radius 1 is 1.26 bits per heavy atom. The average Bonchev–Trinajstić information content (AvgIpc) is 3.44. The van der Waals surface area contributed by atoms with Crippen LogP contribution in [0.2, 0.25) is 5.02 Å². The number of halogens is 2. The molecule has 0 saturated carbocycles. The fourth-order valence-electron chi connectivity index (χ4n) is 3.39. The summed E-state index contributed by atoms with van der Waals surface area (Å²) in [7, 11) is 0. The highest BCUT2D eigenvalue weighted by Crippen LogP contribution is 2.23. The number of anilines is 1. The third-order valence-electron chi connectivity index (χ3n) is 5.11. The summed E-state index contributed by atoms with van der Waals surface area (Å²) in [5.41, 5.74) is 7.35. The quantitative estimate of drug-likeness (QED) is 0.414. The first-order valence-corrected chi connectivity index (χ1v) is 10.4. The molecule has 3 heterocycles. The second kappa shape index (κ2) is 8.90. The van der Waals surface area contributed by atoms with Crippen molar-refractivity contribution in [2.75, 3.05) is 12.3 Å². The van der Waals surface area contributed by atoms with Crippen molar-refractivity contribution in [2.45, 2.75) is 13.0 Å². The molecule has 2 aromatic heterocycles. The van der Waals surface area contributed by atoms with Gasteiger partial charge in [-0.25, -0.2) is 14.0 Å². The van der Waals surface area contributed by atoms with Crippen molar-refractivity contribution >= 4 is 29.5 Å². The fourth-order valence-corrected chi connectivity index (χ4v) is 3.61. The van der Waals surface area contributed by atoms with Crippen molar-refractivity contribution in [3.8, 4) is 11.6 Å². The van der Waals surface area contributed by atoms with Gasteiger partial charge >= 0.3 is 0 Å². The third-order valence-corrected chi connectivity index (χ3v) is 5.46. The molecule has 1 aliphatic rings. The number of nitrogen functional groups attached to an aromatic ring is 1. The topological polar surface area (TPSA) is 138 Å². The number of hydrogen-bond donors (Lipinski definition) is 1. The van der Waals surface area contributed by atoms with Crippen molar-refractivity contribution in [1.29, 1.82) is 0 Å². The number of benzene rings is 2. The van der Waals surface area contributed by atoms with Gasteiger partial charge in [-0.15, -0.1) is 5.10 Å². The van der Waals surface area contributed by atoms with Gasteiger partial charge in [0.25, 0.3) is 5.91 Å². The third kappa shape index (κ3) is 4.06. The molecule has 0 radical (unpaired) electrons. The number of rotatable bonds is 6. The first-order chi connectivity index (χ1) is 16.5. The normalized spacial score (nSPS) is 13.5. The standard InChI is InChI=1S/C21H16ClFN8O3/c22-15-5-2-6-16(23)14(15)11-33-13-4-1-3-12(9-13)10-25-30-8-7-17-18(21(30)32)26-29-31(17)20-19(24)27-34-28-20/h1-6,9-10H,7-8,11H2,(H2,24,27)/b25-10+. The summed E-state index contributed by atoms with van der Waals surface area (Å²) in [4.78, 5) is 12.8. The van der Waals surface area contributed by atoms with Crippen LogP contribution in [-0.2, 0) is 13.0 Å². The molecule has 0 fully saturated rings. The predicted octanol–water partition coefficient (Wildman–Crippen LogP) is 2.64. The molecule has 2 aromatic carbocycles. The number of nitrogens with two attached hydrogens (primary N) is 1. The van der Waals surface area contributed by atoms with Crippen LogP contribution in [0.15, 0.2) is 52.2 Å². The molecule has 13 heteroatoms. The number of ether oxygens (including phenoxy) is 1. The van der Waals surface area contributed by atoms with Crippen LogP contribution < -0.4 is 10.5 Å². The molecular weight excluding hydrogens is 467 g/mol. The van der Waals surface area contributed by atoms with Crippen LogP contribution >= 0.6 is 11.6 Å². The molecule has 0 saturated heterocycles. The highest BCUT2D eigenvalue weighted by molar-refractivity contribution is 6.31. The number of aromatic nitrogens is 5. The number of fused-ring (bicyclic) bond motifs is 1. The fraction of sp³-hybridized carbons (Fsp3) is 0.143. The average molecular weight is 483 g/mol. The highest BCUT2D eigenvalue weighted by atomic mass is 35.5. The van der Waals surface area contributed by atoms with E-state index in [4.69, 9.17) is 22.1 Å². The van der Waals surface area contributed by atoms with Gasteiger partial charge in [0.1, 0.15) is 18.2 Å². The Bertz CT molecular complexity index is 1380. The van der Waals surface area contributed by atoms with Crippen LogP contribution in [0.4, 0.5) is 10.2 Å². The van der Waals surface area contributed by atoms with E-state index >= 15 is 0 Å². The Morgan fingerprint density at radius 3 is 2.91 bits per heavy atom. The maximum absolute atomic E-state index is 14.0. The van der Waals surface area contributed by atoms with Gasteiger partial charge in [0.2, 0.25) is 11.6 Å². The van der Waals surface area contributed by atoms with Crippen LogP contribution in [0.25, 0.3) is 5.82 Å². The lowest BCUT2D eigenvalue weighted by molar-refractivity contribution is 0.0739. The number of amides is 1. The van der Waals surface area contributed by atoms with Gasteiger partial charge in [-0.2, -0.15) is 9.78 Å². The van der Waals surface area contributed by atoms with Crippen molar-refractivity contribution in [3.63, 3.8) is 0 Å². The molecule has 0 aliphatic carbocycles. The van der Waals surface area contributed by atoms with E-state index in [1.165, 1.54) is 28.0 Å². The SMILES string of the molecule is Nc1nonc1-n1nnc2c1CCN(/N=C/c1cccc(OCc3c(F)cccc3Cl)c1)C2=O. The number of nitrogens with zero attached hydrogens (tertiary/aromatic N) is 7. The molecule has 0 spiro atoms. The zero-order valence-corrected chi connectivity index (χ0v) is 18.2. The summed E-state index contributed by atoms with van der Waals surface area (Å²) >= 11 is 6.04. The molecule has 34 heavy (non-hydrogen) atoms. The highest BCUT2D eigenvalue weighted by Gasteiger charge is 2.31. The number of hydrogen-bond acceptors (Lipinski definition) is 9. The molecule has 1 aliphatic heterocycles. The molecule has 1 amide bonds. The summed E-state index contributed by atoms with van der Waals surface area (Å²) in [6.45, 7) is 0.267. The van der Waals surface area contributed by atoms with E-state index < -0.39 is 11.7 Å². The summed E-state index contributed by atoms with van der Waals surface area (Å²) in [6.07, 6.45) is 1.94. The molecule has 2 N–H and O–H groups in total. The summed E-state index contributed by atoms with van der Waals surface area (Å²) < 4.78 is 25.6. The van der Waals surface area contributed by atoms with Crippen molar-refractivity contribution < 1.29 is 18.6 Å². The second-order valence-corrected chi connectivity index (χ2v) is 7.66. The predicted molar refractivity (Wildman–Crippen MR) is 118 cm³/mol. The van der Waals surface area contributed by atoms with Crippen molar-refractivity contribution in [2.24, 2.45) is 5.10 Å². The molecule has 0 atom stereocenters. The zero-order valence-electron chi connectivity index (χ0n) is 17.4. The van der Waals surface area contributed by atoms with Crippen LogP contribution in [-0.4, -0.2) is 49.0 Å². The molecule has 5 rings (SSSR count). The minimum atomic E-state index is -0.437. The molecule has 0 bridgehead atoms. The van der Waals surface area contributed by atoms with E-state index in [1.54, 1.807) is 30.3 Å². The van der Waals surface area contributed by atoms with Gasteiger partial charge in [-0.1, -0.05) is 35.0 Å².